The summed E-state index contributed by atoms with van der Waals surface area (Å²) in [5, 5.41) is 9.59. The van der Waals surface area contributed by atoms with E-state index in [1.165, 1.54) is 11.1 Å². The molecule has 0 atom stereocenters. The van der Waals surface area contributed by atoms with E-state index in [9.17, 15) is 9.90 Å². The van der Waals surface area contributed by atoms with Gasteiger partial charge in [0.15, 0.2) is 0 Å². The van der Waals surface area contributed by atoms with Crippen molar-refractivity contribution in [1.82, 2.24) is 0 Å². The third-order valence-corrected chi connectivity index (χ3v) is 3.94. The predicted octanol–water partition coefficient (Wildman–Crippen LogP) is 5.03. The molecule has 0 aromatic heterocycles. The van der Waals surface area contributed by atoms with Crippen molar-refractivity contribution in [2.75, 3.05) is 6.61 Å². The van der Waals surface area contributed by atoms with Crippen LogP contribution in [0.4, 0.5) is 0 Å². The number of ether oxygens (including phenoxy) is 1. The molecule has 0 heterocycles. The van der Waals surface area contributed by atoms with Crippen LogP contribution >= 0.6 is 0 Å². The lowest BCUT2D eigenvalue weighted by molar-refractivity contribution is 0.0691. The molecule has 0 unspecified atom stereocenters. The maximum absolute atomic E-state index is 11.7. The number of aromatic carboxylic acids is 1. The summed E-state index contributed by atoms with van der Waals surface area (Å²) in [5.74, 6) is -0.275. The number of carbonyl (C=O) groups is 1. The predicted molar refractivity (Wildman–Crippen MR) is 91.2 cm³/mol. The fourth-order valence-corrected chi connectivity index (χ4v) is 2.91. The smallest absolute Gasteiger partial charge is 0.339 e. The number of unbranched alkanes of at least 4 members (excludes halogenated alkanes) is 1. The molecule has 0 fully saturated rings. The van der Waals surface area contributed by atoms with Crippen LogP contribution in [0.25, 0.3) is 0 Å². The second kappa shape index (κ2) is 9.50. The highest BCUT2D eigenvalue weighted by Crippen LogP contribution is 2.33. The van der Waals surface area contributed by atoms with Crippen LogP contribution in [0.3, 0.4) is 0 Å². The Morgan fingerprint density at radius 3 is 2.23 bits per heavy atom. The molecule has 0 bridgehead atoms. The number of hydrogen-bond donors (Lipinski definition) is 1. The largest absolute Gasteiger partial charge is 0.492 e. The van der Waals surface area contributed by atoms with Gasteiger partial charge in [-0.3, -0.25) is 0 Å². The van der Waals surface area contributed by atoms with Crippen molar-refractivity contribution in [2.45, 2.75) is 72.6 Å². The molecule has 1 aromatic rings. The van der Waals surface area contributed by atoms with E-state index in [2.05, 4.69) is 27.7 Å². The van der Waals surface area contributed by atoms with Crippen molar-refractivity contribution in [3.8, 4) is 5.75 Å². The summed E-state index contributed by atoms with van der Waals surface area (Å²) < 4.78 is 5.92. The number of aryl methyl sites for hydroxylation is 1. The highest BCUT2D eigenvalue weighted by Gasteiger charge is 2.21. The summed E-state index contributed by atoms with van der Waals surface area (Å²) in [6.07, 6.45) is 6.73. The lowest BCUT2D eigenvalue weighted by atomic mass is 9.90. The minimum atomic E-state index is -0.885. The minimum absolute atomic E-state index is 0.334. The van der Waals surface area contributed by atoms with Crippen LogP contribution in [0.1, 0.15) is 80.4 Å². The van der Waals surface area contributed by atoms with E-state index in [0.717, 1.165) is 50.5 Å². The lowest BCUT2D eigenvalue weighted by Crippen LogP contribution is -2.12. The van der Waals surface area contributed by atoms with Crippen molar-refractivity contribution >= 4 is 5.97 Å². The molecule has 0 spiro atoms. The van der Waals surface area contributed by atoms with Crippen molar-refractivity contribution in [3.63, 3.8) is 0 Å². The first-order chi connectivity index (χ1) is 10.6. The Kier molecular flexibility index (Phi) is 8.00. The lowest BCUT2D eigenvalue weighted by Gasteiger charge is -2.20. The van der Waals surface area contributed by atoms with E-state index in [0.29, 0.717) is 17.9 Å². The van der Waals surface area contributed by atoms with E-state index in [4.69, 9.17) is 4.74 Å². The van der Waals surface area contributed by atoms with Crippen LogP contribution in [0.5, 0.6) is 5.75 Å². The Hall–Kier alpha value is -1.51. The van der Waals surface area contributed by atoms with Gasteiger partial charge in [-0.1, -0.05) is 47.0 Å². The summed E-state index contributed by atoms with van der Waals surface area (Å²) >= 11 is 0. The van der Waals surface area contributed by atoms with E-state index >= 15 is 0 Å². The fraction of sp³-hybridized carbons (Fsp3) is 0.632. The standard InChI is InChI=1S/C19H30O3/c1-5-9-12-22-18-16(11-7-3)15(8-4)14(10-6-2)13-17(18)19(20)21/h13H,5-12H2,1-4H3,(H,20,21). The summed E-state index contributed by atoms with van der Waals surface area (Å²) in [6.45, 7) is 9.09. The third-order valence-electron chi connectivity index (χ3n) is 3.94. The number of hydrogen-bond acceptors (Lipinski definition) is 2. The Labute approximate surface area is 134 Å². The molecule has 0 saturated carbocycles. The third kappa shape index (κ3) is 4.49. The molecule has 0 aliphatic carbocycles. The van der Waals surface area contributed by atoms with E-state index in [-0.39, 0.29) is 0 Å². The molecule has 3 heteroatoms. The van der Waals surface area contributed by atoms with Crippen molar-refractivity contribution < 1.29 is 14.6 Å². The average molecular weight is 306 g/mol. The van der Waals surface area contributed by atoms with Crippen LogP contribution in [0.2, 0.25) is 0 Å². The minimum Gasteiger partial charge on any atom is -0.492 e. The van der Waals surface area contributed by atoms with Gasteiger partial charge in [0.2, 0.25) is 0 Å². The number of carboxylic acid groups (broad SMARTS) is 1. The number of benzene rings is 1. The van der Waals surface area contributed by atoms with Gasteiger partial charge in [0.05, 0.1) is 6.61 Å². The summed E-state index contributed by atoms with van der Waals surface area (Å²) in [4.78, 5) is 11.7. The Morgan fingerprint density at radius 1 is 1.05 bits per heavy atom. The molecule has 1 rings (SSSR count). The van der Waals surface area contributed by atoms with Crippen LogP contribution in [0, 0.1) is 0 Å². The van der Waals surface area contributed by atoms with Gasteiger partial charge in [0, 0.05) is 0 Å². The zero-order chi connectivity index (χ0) is 16.5. The second-order valence-electron chi connectivity index (χ2n) is 5.73. The van der Waals surface area contributed by atoms with E-state index in [1.54, 1.807) is 0 Å². The zero-order valence-corrected chi connectivity index (χ0v) is 14.5. The van der Waals surface area contributed by atoms with Gasteiger partial charge in [0.1, 0.15) is 11.3 Å². The number of carboxylic acids is 1. The topological polar surface area (TPSA) is 46.5 Å². The first-order valence-corrected chi connectivity index (χ1v) is 8.64. The summed E-state index contributed by atoms with van der Waals surface area (Å²) in [5.41, 5.74) is 3.92. The van der Waals surface area contributed by atoms with Crippen molar-refractivity contribution in [3.05, 3.63) is 28.3 Å². The van der Waals surface area contributed by atoms with Crippen LogP contribution < -0.4 is 4.74 Å². The van der Waals surface area contributed by atoms with Gasteiger partial charge in [-0.05, 0) is 48.4 Å². The quantitative estimate of drug-likeness (QED) is 0.617. The van der Waals surface area contributed by atoms with Gasteiger partial charge < -0.3 is 9.84 Å². The molecule has 0 aliphatic heterocycles. The number of rotatable bonds is 10. The summed E-state index contributed by atoms with van der Waals surface area (Å²) in [6, 6.07) is 1.84. The molecular weight excluding hydrogens is 276 g/mol. The average Bonchev–Trinajstić information content (AvgIpc) is 2.49. The van der Waals surface area contributed by atoms with Crippen LogP contribution in [-0.2, 0) is 19.3 Å². The second-order valence-corrected chi connectivity index (χ2v) is 5.73. The Balaban J connectivity index is 3.42. The first-order valence-electron chi connectivity index (χ1n) is 8.64. The van der Waals surface area contributed by atoms with Crippen molar-refractivity contribution in [2.24, 2.45) is 0 Å². The molecule has 22 heavy (non-hydrogen) atoms. The monoisotopic (exact) mass is 306 g/mol. The van der Waals surface area contributed by atoms with Crippen LogP contribution in [0.15, 0.2) is 6.07 Å². The summed E-state index contributed by atoms with van der Waals surface area (Å²) in [7, 11) is 0. The normalized spacial score (nSPS) is 10.7. The molecule has 0 saturated heterocycles. The molecule has 1 aromatic carbocycles. The molecule has 0 aliphatic rings. The molecule has 3 nitrogen and oxygen atoms in total. The maximum Gasteiger partial charge on any atom is 0.339 e. The van der Waals surface area contributed by atoms with Crippen LogP contribution in [-0.4, -0.2) is 17.7 Å². The highest BCUT2D eigenvalue weighted by atomic mass is 16.5. The van der Waals surface area contributed by atoms with Gasteiger partial charge in [-0.25, -0.2) is 4.79 Å². The van der Waals surface area contributed by atoms with Gasteiger partial charge in [-0.2, -0.15) is 0 Å². The van der Waals surface area contributed by atoms with Gasteiger partial charge in [0.25, 0.3) is 0 Å². The van der Waals surface area contributed by atoms with Crippen molar-refractivity contribution in [1.29, 1.82) is 0 Å². The molecule has 124 valence electrons. The maximum atomic E-state index is 11.7. The molecule has 0 amide bonds. The SMILES string of the molecule is CCCCOc1c(C(=O)O)cc(CCC)c(CC)c1CCC. The van der Waals surface area contributed by atoms with E-state index < -0.39 is 5.97 Å². The highest BCUT2D eigenvalue weighted by molar-refractivity contribution is 5.92. The first kappa shape index (κ1) is 18.5. The molecular formula is C19H30O3. The zero-order valence-electron chi connectivity index (χ0n) is 14.5. The Morgan fingerprint density at radius 2 is 1.73 bits per heavy atom. The van der Waals surface area contributed by atoms with E-state index in [1.807, 2.05) is 6.07 Å². The van der Waals surface area contributed by atoms with Gasteiger partial charge in [-0.15, -0.1) is 0 Å². The molecule has 0 radical (unpaired) electrons. The van der Waals surface area contributed by atoms with Gasteiger partial charge >= 0.3 is 5.97 Å². The molecule has 1 N–H and O–H groups in total. The Bertz CT molecular complexity index is 492. The fourth-order valence-electron chi connectivity index (χ4n) is 2.91.